The molecule has 0 bridgehead atoms. The number of hydrogen-bond acceptors (Lipinski definition) is 4. The smallest absolute Gasteiger partial charge is 0.181 e. The molecule has 0 unspecified atom stereocenters. The van der Waals surface area contributed by atoms with Crippen molar-refractivity contribution in [3.8, 4) is 5.75 Å². The van der Waals surface area contributed by atoms with Gasteiger partial charge in [0.1, 0.15) is 5.75 Å². The number of hydrogen-bond donors (Lipinski definition) is 1. The Morgan fingerprint density at radius 2 is 2.00 bits per heavy atom. The summed E-state index contributed by atoms with van der Waals surface area (Å²) in [6.45, 7) is 2.68. The van der Waals surface area contributed by atoms with Crippen LogP contribution in [0.3, 0.4) is 0 Å². The molecule has 0 aliphatic heterocycles. The molecule has 1 aromatic heterocycles. The van der Waals surface area contributed by atoms with E-state index in [1.165, 1.54) is 16.9 Å². The number of nitrogen functional groups attached to an aromatic ring is 1. The van der Waals surface area contributed by atoms with Crippen LogP contribution < -0.4 is 10.5 Å². The normalized spacial score (nSPS) is 10.6. The van der Waals surface area contributed by atoms with Crippen LogP contribution >= 0.6 is 27.3 Å². The molecule has 0 atom stereocenters. The van der Waals surface area contributed by atoms with E-state index in [4.69, 9.17) is 10.5 Å². The van der Waals surface area contributed by atoms with Gasteiger partial charge in [-0.1, -0.05) is 23.5 Å². The average Bonchev–Trinajstić information content (AvgIpc) is 2.67. The highest BCUT2D eigenvalue weighted by Gasteiger charge is 2.06. The summed E-state index contributed by atoms with van der Waals surface area (Å²) in [6.07, 6.45) is 1.84. The Morgan fingerprint density at radius 1 is 1.28 bits per heavy atom. The third kappa shape index (κ3) is 3.46. The standard InChI is InChI=1S/C13H15BrN2OS/c1-2-17-10-6-3-9(4-7-10)5-8-11-12(14)18-13(15)16-11/h3-4,6-7H,2,5,8H2,1H3,(H2,15,16). The van der Waals surface area contributed by atoms with Gasteiger partial charge in [0.15, 0.2) is 5.13 Å². The second-order valence-corrected chi connectivity index (χ2v) is 6.20. The first-order valence-electron chi connectivity index (χ1n) is 5.81. The predicted octanol–water partition coefficient (Wildman–Crippen LogP) is 3.67. The molecule has 0 saturated carbocycles. The first kappa shape index (κ1) is 13.4. The first-order chi connectivity index (χ1) is 8.69. The Balaban J connectivity index is 1.95. The zero-order chi connectivity index (χ0) is 13.0. The highest BCUT2D eigenvalue weighted by atomic mass is 79.9. The third-order valence-corrected chi connectivity index (χ3v) is 4.21. The minimum atomic E-state index is 0.614. The number of ether oxygens (including phenoxy) is 1. The summed E-state index contributed by atoms with van der Waals surface area (Å²) < 4.78 is 6.44. The van der Waals surface area contributed by atoms with Crippen molar-refractivity contribution in [2.24, 2.45) is 0 Å². The number of nitrogens with zero attached hydrogens (tertiary/aromatic N) is 1. The molecule has 2 rings (SSSR count). The van der Waals surface area contributed by atoms with Gasteiger partial charge in [-0.3, -0.25) is 0 Å². The lowest BCUT2D eigenvalue weighted by Gasteiger charge is -2.04. The maximum absolute atomic E-state index is 5.66. The number of benzene rings is 1. The van der Waals surface area contributed by atoms with Crippen molar-refractivity contribution in [1.29, 1.82) is 0 Å². The topological polar surface area (TPSA) is 48.1 Å². The van der Waals surface area contributed by atoms with Gasteiger partial charge in [-0.25, -0.2) is 4.98 Å². The van der Waals surface area contributed by atoms with Gasteiger partial charge >= 0.3 is 0 Å². The van der Waals surface area contributed by atoms with E-state index in [1.54, 1.807) is 0 Å². The van der Waals surface area contributed by atoms with Gasteiger partial charge in [-0.2, -0.15) is 0 Å². The molecule has 2 N–H and O–H groups in total. The Labute approximate surface area is 119 Å². The summed E-state index contributed by atoms with van der Waals surface area (Å²) in [6, 6.07) is 8.19. The van der Waals surface area contributed by atoms with Crippen LogP contribution in [-0.2, 0) is 12.8 Å². The fourth-order valence-electron chi connectivity index (χ4n) is 1.69. The van der Waals surface area contributed by atoms with Crippen molar-refractivity contribution in [3.63, 3.8) is 0 Å². The molecule has 1 aromatic carbocycles. The van der Waals surface area contributed by atoms with E-state index < -0.39 is 0 Å². The van der Waals surface area contributed by atoms with E-state index in [9.17, 15) is 0 Å². The number of aromatic nitrogens is 1. The quantitative estimate of drug-likeness (QED) is 0.911. The molecule has 0 saturated heterocycles. The number of anilines is 1. The zero-order valence-electron chi connectivity index (χ0n) is 10.1. The maximum Gasteiger partial charge on any atom is 0.181 e. The summed E-state index contributed by atoms with van der Waals surface area (Å²) in [7, 11) is 0. The van der Waals surface area contributed by atoms with Crippen molar-refractivity contribution in [2.75, 3.05) is 12.3 Å². The van der Waals surface area contributed by atoms with Gasteiger partial charge in [0.2, 0.25) is 0 Å². The molecule has 18 heavy (non-hydrogen) atoms. The Morgan fingerprint density at radius 3 is 2.56 bits per heavy atom. The van der Waals surface area contributed by atoms with Crippen LogP contribution in [0.25, 0.3) is 0 Å². The van der Waals surface area contributed by atoms with E-state index in [0.29, 0.717) is 11.7 Å². The number of thiazole rings is 1. The van der Waals surface area contributed by atoms with E-state index in [0.717, 1.165) is 28.1 Å². The Hall–Kier alpha value is -1.07. The van der Waals surface area contributed by atoms with Crippen LogP contribution in [0.15, 0.2) is 28.1 Å². The molecular formula is C13H15BrN2OS. The minimum Gasteiger partial charge on any atom is -0.494 e. The fraction of sp³-hybridized carbons (Fsp3) is 0.308. The van der Waals surface area contributed by atoms with Crippen LogP contribution in [-0.4, -0.2) is 11.6 Å². The monoisotopic (exact) mass is 326 g/mol. The molecule has 0 fully saturated rings. The molecule has 1 heterocycles. The predicted molar refractivity (Wildman–Crippen MR) is 79.2 cm³/mol. The minimum absolute atomic E-state index is 0.614. The summed E-state index contributed by atoms with van der Waals surface area (Å²) in [5.74, 6) is 0.917. The van der Waals surface area contributed by atoms with E-state index in [2.05, 4.69) is 33.0 Å². The Kier molecular flexibility index (Phi) is 4.60. The lowest BCUT2D eigenvalue weighted by atomic mass is 10.1. The second-order valence-electron chi connectivity index (χ2n) is 3.85. The van der Waals surface area contributed by atoms with Crippen molar-refractivity contribution in [2.45, 2.75) is 19.8 Å². The van der Waals surface area contributed by atoms with Gasteiger partial charge in [0.05, 0.1) is 16.1 Å². The number of rotatable bonds is 5. The summed E-state index contributed by atoms with van der Waals surface area (Å²) in [5, 5.41) is 0.614. The van der Waals surface area contributed by atoms with E-state index in [1.807, 2.05) is 19.1 Å². The highest BCUT2D eigenvalue weighted by molar-refractivity contribution is 9.11. The van der Waals surface area contributed by atoms with Crippen LogP contribution in [0.4, 0.5) is 5.13 Å². The lowest BCUT2D eigenvalue weighted by Crippen LogP contribution is -1.95. The molecule has 0 radical (unpaired) electrons. The summed E-state index contributed by atoms with van der Waals surface area (Å²) >= 11 is 4.96. The SMILES string of the molecule is CCOc1ccc(CCc2nc(N)sc2Br)cc1. The third-order valence-electron chi connectivity index (χ3n) is 2.55. The molecule has 5 heteroatoms. The average molecular weight is 327 g/mol. The number of nitrogens with two attached hydrogens (primary N) is 1. The fourth-order valence-corrected chi connectivity index (χ4v) is 3.08. The summed E-state index contributed by atoms with van der Waals surface area (Å²) in [4.78, 5) is 4.30. The largest absolute Gasteiger partial charge is 0.494 e. The van der Waals surface area contributed by atoms with Crippen molar-refractivity contribution < 1.29 is 4.74 Å². The number of halogens is 1. The first-order valence-corrected chi connectivity index (χ1v) is 7.42. The van der Waals surface area contributed by atoms with E-state index in [-0.39, 0.29) is 0 Å². The molecule has 0 spiro atoms. The van der Waals surface area contributed by atoms with Gasteiger partial charge in [-0.05, 0) is 53.4 Å². The van der Waals surface area contributed by atoms with Crippen LogP contribution in [0, 0.1) is 0 Å². The van der Waals surface area contributed by atoms with E-state index >= 15 is 0 Å². The van der Waals surface area contributed by atoms with Crippen molar-refractivity contribution in [1.82, 2.24) is 4.98 Å². The molecule has 0 amide bonds. The highest BCUT2D eigenvalue weighted by Crippen LogP contribution is 2.27. The molecule has 2 aromatic rings. The molecule has 0 aliphatic rings. The van der Waals surface area contributed by atoms with Crippen LogP contribution in [0.2, 0.25) is 0 Å². The van der Waals surface area contributed by atoms with Crippen LogP contribution in [0.1, 0.15) is 18.2 Å². The van der Waals surface area contributed by atoms with Gasteiger partial charge in [-0.15, -0.1) is 0 Å². The molecule has 96 valence electrons. The molecule has 0 aliphatic carbocycles. The zero-order valence-corrected chi connectivity index (χ0v) is 12.6. The van der Waals surface area contributed by atoms with Gasteiger partial charge < -0.3 is 10.5 Å². The molecular weight excluding hydrogens is 312 g/mol. The van der Waals surface area contributed by atoms with Gasteiger partial charge in [0, 0.05) is 0 Å². The molecule has 3 nitrogen and oxygen atoms in total. The number of aryl methyl sites for hydroxylation is 2. The van der Waals surface area contributed by atoms with Crippen LogP contribution in [0.5, 0.6) is 5.75 Å². The lowest BCUT2D eigenvalue weighted by molar-refractivity contribution is 0.340. The Bertz CT molecular complexity index is 510. The second kappa shape index (κ2) is 6.20. The van der Waals surface area contributed by atoms with Crippen molar-refractivity contribution in [3.05, 3.63) is 39.3 Å². The maximum atomic E-state index is 5.66. The summed E-state index contributed by atoms with van der Waals surface area (Å²) in [5.41, 5.74) is 7.97. The van der Waals surface area contributed by atoms with Crippen molar-refractivity contribution >= 4 is 32.4 Å². The van der Waals surface area contributed by atoms with Gasteiger partial charge in [0.25, 0.3) is 0 Å².